The Balaban J connectivity index is 1.63. The third-order valence-corrected chi connectivity index (χ3v) is 4.09. The van der Waals surface area contributed by atoms with Crippen LogP contribution in [0.1, 0.15) is 11.1 Å². The minimum absolute atomic E-state index is 0.236. The number of aliphatic imine (C=N–C) groups is 1. The predicted molar refractivity (Wildman–Crippen MR) is 99.6 cm³/mol. The second-order valence-corrected chi connectivity index (χ2v) is 6.08. The molecule has 1 saturated heterocycles. The van der Waals surface area contributed by atoms with Crippen molar-refractivity contribution in [2.75, 3.05) is 36.5 Å². The molecule has 5 nitrogen and oxygen atoms in total. The fraction of sp³-hybridized carbons (Fsp3) is 0.316. The molecule has 1 aliphatic rings. The van der Waals surface area contributed by atoms with Crippen molar-refractivity contribution in [1.29, 1.82) is 0 Å². The van der Waals surface area contributed by atoms with E-state index < -0.39 is 0 Å². The number of rotatable bonds is 4. The fourth-order valence-corrected chi connectivity index (χ4v) is 2.80. The number of halogens is 1. The zero-order chi connectivity index (χ0) is 17.6. The third kappa shape index (κ3) is 4.70. The molecule has 2 aromatic carbocycles. The molecule has 0 atom stereocenters. The molecule has 6 heteroatoms. The van der Waals surface area contributed by atoms with Crippen LogP contribution >= 0.6 is 0 Å². The number of benzene rings is 2. The summed E-state index contributed by atoms with van der Waals surface area (Å²) < 4.78 is 19.7. The van der Waals surface area contributed by atoms with E-state index in [-0.39, 0.29) is 5.82 Å². The van der Waals surface area contributed by atoms with Crippen molar-refractivity contribution in [2.45, 2.75) is 13.5 Å². The van der Waals surface area contributed by atoms with Crippen LogP contribution in [0.5, 0.6) is 0 Å². The summed E-state index contributed by atoms with van der Waals surface area (Å²) in [4.78, 5) is 6.29. The summed E-state index contributed by atoms with van der Waals surface area (Å²) in [5, 5.41) is 3.04. The highest BCUT2D eigenvalue weighted by molar-refractivity contribution is 5.92. The fourth-order valence-electron chi connectivity index (χ4n) is 2.80. The third-order valence-electron chi connectivity index (χ3n) is 4.09. The van der Waals surface area contributed by atoms with Crippen molar-refractivity contribution in [3.8, 4) is 0 Å². The van der Waals surface area contributed by atoms with Gasteiger partial charge in [-0.15, -0.1) is 0 Å². The molecule has 1 fully saturated rings. The van der Waals surface area contributed by atoms with Crippen LogP contribution in [0.4, 0.5) is 15.8 Å². The van der Waals surface area contributed by atoms with Gasteiger partial charge in [-0.25, -0.2) is 9.38 Å². The summed E-state index contributed by atoms with van der Waals surface area (Å²) in [5.41, 5.74) is 9.33. The van der Waals surface area contributed by atoms with Crippen molar-refractivity contribution in [3.05, 3.63) is 59.4 Å². The Morgan fingerprint density at radius 3 is 2.76 bits per heavy atom. The second-order valence-electron chi connectivity index (χ2n) is 6.08. The zero-order valence-corrected chi connectivity index (χ0v) is 14.3. The van der Waals surface area contributed by atoms with E-state index in [4.69, 9.17) is 10.5 Å². The smallest absolute Gasteiger partial charge is 0.193 e. The van der Waals surface area contributed by atoms with E-state index >= 15 is 0 Å². The van der Waals surface area contributed by atoms with Crippen LogP contribution in [0.15, 0.2) is 47.5 Å². The van der Waals surface area contributed by atoms with Gasteiger partial charge in [0, 0.05) is 18.8 Å². The van der Waals surface area contributed by atoms with Crippen LogP contribution in [-0.2, 0) is 11.3 Å². The summed E-state index contributed by atoms with van der Waals surface area (Å²) in [7, 11) is 0. The monoisotopic (exact) mass is 342 g/mol. The molecule has 3 N–H and O–H groups in total. The summed E-state index contributed by atoms with van der Waals surface area (Å²) in [5.74, 6) is 0.0723. The molecule has 0 unspecified atom stereocenters. The molecule has 0 spiro atoms. The number of guanidine groups is 1. The van der Waals surface area contributed by atoms with E-state index in [2.05, 4.69) is 10.3 Å². The standard InChI is InChI=1S/C19H23FN4O/c1-14-3-2-4-16(11-14)23-19(21)22-13-15-5-6-18(17(20)12-15)24-7-9-25-10-8-24/h2-6,11-12H,7-10,13H2,1H3,(H3,21,22,23). The van der Waals surface area contributed by atoms with Gasteiger partial charge in [0.25, 0.3) is 0 Å². The lowest BCUT2D eigenvalue weighted by atomic mass is 10.1. The van der Waals surface area contributed by atoms with Gasteiger partial charge in [-0.05, 0) is 42.3 Å². The minimum Gasteiger partial charge on any atom is -0.378 e. The Morgan fingerprint density at radius 2 is 2.04 bits per heavy atom. The number of hydrogen-bond acceptors (Lipinski definition) is 3. The normalized spacial score (nSPS) is 15.3. The van der Waals surface area contributed by atoms with E-state index in [1.165, 1.54) is 6.07 Å². The van der Waals surface area contributed by atoms with Crippen molar-refractivity contribution in [1.82, 2.24) is 0 Å². The van der Waals surface area contributed by atoms with Gasteiger partial charge < -0.3 is 20.7 Å². The van der Waals surface area contributed by atoms with Crippen LogP contribution in [0.2, 0.25) is 0 Å². The van der Waals surface area contributed by atoms with Crippen LogP contribution in [0.3, 0.4) is 0 Å². The Kier molecular flexibility index (Phi) is 5.50. The Morgan fingerprint density at radius 1 is 1.24 bits per heavy atom. The maximum Gasteiger partial charge on any atom is 0.193 e. The van der Waals surface area contributed by atoms with Gasteiger partial charge in [-0.2, -0.15) is 0 Å². The molecule has 0 radical (unpaired) electrons. The largest absolute Gasteiger partial charge is 0.378 e. The maximum absolute atomic E-state index is 14.4. The van der Waals surface area contributed by atoms with Crippen LogP contribution in [0, 0.1) is 12.7 Å². The summed E-state index contributed by atoms with van der Waals surface area (Å²) in [6.07, 6.45) is 0. The first-order valence-corrected chi connectivity index (χ1v) is 8.36. The van der Waals surface area contributed by atoms with E-state index in [9.17, 15) is 4.39 Å². The van der Waals surface area contributed by atoms with Crippen LogP contribution < -0.4 is 16.0 Å². The lowest BCUT2D eigenvalue weighted by Gasteiger charge is -2.29. The number of nitrogens with one attached hydrogen (secondary N) is 1. The number of morpholine rings is 1. The van der Waals surface area contributed by atoms with Gasteiger partial charge in [0.15, 0.2) is 5.96 Å². The molecule has 1 aliphatic heterocycles. The molecule has 0 bridgehead atoms. The Hall–Kier alpha value is -2.60. The number of ether oxygens (including phenoxy) is 1. The number of nitrogens with two attached hydrogens (primary N) is 1. The lowest BCUT2D eigenvalue weighted by Crippen LogP contribution is -2.36. The van der Waals surface area contributed by atoms with E-state index in [0.717, 1.165) is 16.8 Å². The van der Waals surface area contributed by atoms with Crippen molar-refractivity contribution < 1.29 is 9.13 Å². The predicted octanol–water partition coefficient (Wildman–Crippen LogP) is 2.90. The second kappa shape index (κ2) is 7.98. The molecule has 132 valence electrons. The minimum atomic E-state index is -0.236. The number of aryl methyl sites for hydroxylation is 1. The Bertz CT molecular complexity index is 757. The van der Waals surface area contributed by atoms with E-state index in [1.54, 1.807) is 6.07 Å². The molecule has 0 amide bonds. The highest BCUT2D eigenvalue weighted by Gasteiger charge is 2.15. The first kappa shape index (κ1) is 17.2. The molecule has 3 rings (SSSR count). The van der Waals surface area contributed by atoms with Gasteiger partial charge in [-0.3, -0.25) is 0 Å². The highest BCUT2D eigenvalue weighted by Crippen LogP contribution is 2.22. The molecule has 0 aromatic heterocycles. The number of nitrogens with zero attached hydrogens (tertiary/aromatic N) is 2. The SMILES string of the molecule is Cc1cccc(NC(N)=NCc2ccc(N3CCOCC3)c(F)c2)c1. The van der Waals surface area contributed by atoms with Gasteiger partial charge in [0.05, 0.1) is 25.4 Å². The van der Waals surface area contributed by atoms with Crippen LogP contribution in [0.25, 0.3) is 0 Å². The van der Waals surface area contributed by atoms with Gasteiger partial charge in [0.2, 0.25) is 0 Å². The van der Waals surface area contributed by atoms with Crippen LogP contribution in [-0.4, -0.2) is 32.3 Å². The van der Waals surface area contributed by atoms with Crippen molar-refractivity contribution in [2.24, 2.45) is 10.7 Å². The summed E-state index contributed by atoms with van der Waals surface area (Å²) in [6.45, 7) is 5.02. The first-order valence-electron chi connectivity index (χ1n) is 8.36. The molecule has 25 heavy (non-hydrogen) atoms. The maximum atomic E-state index is 14.4. The molecule has 2 aromatic rings. The molecule has 0 aliphatic carbocycles. The quantitative estimate of drug-likeness (QED) is 0.662. The zero-order valence-electron chi connectivity index (χ0n) is 14.3. The summed E-state index contributed by atoms with van der Waals surface area (Å²) >= 11 is 0. The summed E-state index contributed by atoms with van der Waals surface area (Å²) in [6, 6.07) is 13.1. The molecule has 0 saturated carbocycles. The van der Waals surface area contributed by atoms with Crippen molar-refractivity contribution >= 4 is 17.3 Å². The van der Waals surface area contributed by atoms with Gasteiger partial charge >= 0.3 is 0 Å². The van der Waals surface area contributed by atoms with E-state index in [0.29, 0.717) is 44.5 Å². The van der Waals surface area contributed by atoms with E-state index in [1.807, 2.05) is 42.2 Å². The average molecular weight is 342 g/mol. The number of anilines is 2. The highest BCUT2D eigenvalue weighted by atomic mass is 19.1. The average Bonchev–Trinajstić information content (AvgIpc) is 2.61. The molecule has 1 heterocycles. The first-order chi connectivity index (χ1) is 12.1. The Labute approximate surface area is 147 Å². The molecular formula is C19H23FN4O. The topological polar surface area (TPSA) is 62.9 Å². The lowest BCUT2D eigenvalue weighted by molar-refractivity contribution is 0.122. The van der Waals surface area contributed by atoms with Gasteiger partial charge in [-0.1, -0.05) is 18.2 Å². The van der Waals surface area contributed by atoms with Gasteiger partial charge in [0.1, 0.15) is 5.82 Å². The van der Waals surface area contributed by atoms with Crippen molar-refractivity contribution in [3.63, 3.8) is 0 Å². The number of hydrogen-bond donors (Lipinski definition) is 2. The molecular weight excluding hydrogens is 319 g/mol.